The Morgan fingerprint density at radius 2 is 1.84 bits per heavy atom. The Bertz CT molecular complexity index is 1990. The molecule has 1 aliphatic rings. The second-order valence-electron chi connectivity index (χ2n) is 10.0. The third-order valence-electron chi connectivity index (χ3n) is 7.51. The van der Waals surface area contributed by atoms with Crippen molar-refractivity contribution in [3.63, 3.8) is 0 Å². The number of amides is 1. The SMILES string of the molecule is CCN(CC)C(=O)C1=C(C)N=c2s/c(=C/c3ccc(OCc4ccccc4C#N)c(Br)c3)c(=O)n2[C@@H]1c1ccccc1OC. The summed E-state index contributed by atoms with van der Waals surface area (Å²) in [5, 5.41) is 9.36. The fraction of sp³-hybridized carbons (Fsp3) is 0.235. The smallest absolute Gasteiger partial charge is 0.271 e. The summed E-state index contributed by atoms with van der Waals surface area (Å²) in [4.78, 5) is 34.9. The number of carbonyl (C=O) groups excluding carboxylic acids is 1. The van der Waals surface area contributed by atoms with Gasteiger partial charge in [0.05, 0.1) is 39.0 Å². The van der Waals surface area contributed by atoms with Gasteiger partial charge < -0.3 is 14.4 Å². The van der Waals surface area contributed by atoms with Gasteiger partial charge in [-0.2, -0.15) is 5.26 Å². The van der Waals surface area contributed by atoms with E-state index in [0.717, 1.165) is 16.7 Å². The van der Waals surface area contributed by atoms with E-state index in [-0.39, 0.29) is 18.1 Å². The molecule has 0 spiro atoms. The number of nitriles is 1. The number of hydrogen-bond donors (Lipinski definition) is 0. The molecule has 3 aromatic carbocycles. The van der Waals surface area contributed by atoms with Crippen LogP contribution in [0.4, 0.5) is 0 Å². The highest BCUT2D eigenvalue weighted by Crippen LogP contribution is 2.36. The van der Waals surface area contributed by atoms with Gasteiger partial charge in [-0.1, -0.05) is 53.8 Å². The fourth-order valence-electron chi connectivity index (χ4n) is 5.25. The van der Waals surface area contributed by atoms with Crippen LogP contribution < -0.4 is 24.4 Å². The second kappa shape index (κ2) is 13.5. The molecule has 0 bridgehead atoms. The Balaban J connectivity index is 1.56. The van der Waals surface area contributed by atoms with Crippen LogP contribution in [0.3, 0.4) is 0 Å². The maximum Gasteiger partial charge on any atom is 0.271 e. The van der Waals surface area contributed by atoms with E-state index < -0.39 is 6.04 Å². The van der Waals surface area contributed by atoms with E-state index in [1.54, 1.807) is 22.6 Å². The van der Waals surface area contributed by atoms with E-state index >= 15 is 0 Å². The van der Waals surface area contributed by atoms with Gasteiger partial charge in [0.25, 0.3) is 11.5 Å². The summed E-state index contributed by atoms with van der Waals surface area (Å²) in [6, 6.07) is 21.8. The van der Waals surface area contributed by atoms with Crippen molar-refractivity contribution in [3.8, 4) is 17.6 Å². The van der Waals surface area contributed by atoms with E-state index in [1.807, 2.05) is 87.5 Å². The van der Waals surface area contributed by atoms with Gasteiger partial charge in [0, 0.05) is 24.2 Å². The van der Waals surface area contributed by atoms with Crippen LogP contribution in [0.5, 0.6) is 11.5 Å². The lowest BCUT2D eigenvalue weighted by molar-refractivity contribution is -0.127. The van der Waals surface area contributed by atoms with Gasteiger partial charge in [-0.15, -0.1) is 0 Å². The number of para-hydroxylation sites is 1. The Hall–Kier alpha value is -4.46. The zero-order chi connectivity index (χ0) is 31.4. The number of thiazole rings is 1. The number of allylic oxidation sites excluding steroid dienone is 1. The Morgan fingerprint density at radius 1 is 1.11 bits per heavy atom. The molecule has 0 aliphatic carbocycles. The molecule has 5 rings (SSSR count). The minimum Gasteiger partial charge on any atom is -0.496 e. The normalized spacial score (nSPS) is 14.5. The topological polar surface area (TPSA) is 96.9 Å². The molecule has 8 nitrogen and oxygen atoms in total. The molecule has 1 aromatic heterocycles. The zero-order valence-corrected chi connectivity index (χ0v) is 27.2. The number of nitrogens with zero attached hydrogens (tertiary/aromatic N) is 4. The average molecular weight is 672 g/mol. The lowest BCUT2D eigenvalue weighted by Gasteiger charge is -2.29. The highest BCUT2D eigenvalue weighted by atomic mass is 79.9. The monoisotopic (exact) mass is 670 g/mol. The van der Waals surface area contributed by atoms with Crippen molar-refractivity contribution in [1.29, 1.82) is 5.26 Å². The molecule has 2 heterocycles. The number of carbonyl (C=O) groups is 1. The molecule has 0 fully saturated rings. The van der Waals surface area contributed by atoms with Gasteiger partial charge in [0.15, 0.2) is 4.80 Å². The minimum atomic E-state index is -0.698. The van der Waals surface area contributed by atoms with Crippen LogP contribution in [-0.4, -0.2) is 35.6 Å². The summed E-state index contributed by atoms with van der Waals surface area (Å²) in [6.45, 7) is 7.01. The Labute approximate surface area is 267 Å². The number of hydrogen-bond acceptors (Lipinski definition) is 7. The van der Waals surface area contributed by atoms with Crippen LogP contribution in [0.25, 0.3) is 6.08 Å². The molecular formula is C34H31BrN4O4S. The third-order valence-corrected chi connectivity index (χ3v) is 9.11. The first-order valence-corrected chi connectivity index (χ1v) is 15.8. The molecule has 1 atom stereocenters. The predicted octanol–water partition coefficient (Wildman–Crippen LogP) is 5.33. The van der Waals surface area contributed by atoms with Crippen molar-refractivity contribution in [2.45, 2.75) is 33.4 Å². The summed E-state index contributed by atoms with van der Waals surface area (Å²) in [5.41, 5.74) is 3.66. The van der Waals surface area contributed by atoms with Crippen molar-refractivity contribution in [3.05, 3.63) is 124 Å². The first kappa shape index (κ1) is 31.0. The molecule has 224 valence electrons. The number of ether oxygens (including phenoxy) is 2. The largest absolute Gasteiger partial charge is 0.496 e. The minimum absolute atomic E-state index is 0.154. The summed E-state index contributed by atoms with van der Waals surface area (Å²) >= 11 is 4.87. The molecule has 0 saturated carbocycles. The number of benzene rings is 3. The van der Waals surface area contributed by atoms with Gasteiger partial charge in [0.2, 0.25) is 0 Å². The zero-order valence-electron chi connectivity index (χ0n) is 24.8. The first-order chi connectivity index (χ1) is 21.3. The lowest BCUT2D eigenvalue weighted by atomic mass is 9.94. The lowest BCUT2D eigenvalue weighted by Crippen LogP contribution is -2.43. The standard InChI is InChI=1S/C34H31BrN4O4S/c1-5-38(6-2)33(41)30-21(3)37-34-39(31(30)25-13-9-10-14-27(25)42-4)32(40)29(44-34)18-22-15-16-28(26(35)17-22)43-20-24-12-8-7-11-23(24)19-36/h7-18,31H,5-6,20H2,1-4H3/b29-18+/t31-/m1/s1. The average Bonchev–Trinajstić information content (AvgIpc) is 3.34. The molecule has 4 aromatic rings. The maximum atomic E-state index is 14.1. The number of aromatic nitrogens is 1. The van der Waals surface area contributed by atoms with Crippen molar-refractivity contribution in [2.24, 2.45) is 4.99 Å². The van der Waals surface area contributed by atoms with E-state index in [1.165, 1.54) is 11.3 Å². The van der Waals surface area contributed by atoms with Gasteiger partial charge in [0.1, 0.15) is 24.1 Å². The van der Waals surface area contributed by atoms with Crippen LogP contribution in [0.15, 0.2) is 92.3 Å². The van der Waals surface area contributed by atoms with E-state index in [2.05, 4.69) is 22.0 Å². The van der Waals surface area contributed by atoms with Crippen molar-refractivity contribution in [1.82, 2.24) is 9.47 Å². The van der Waals surface area contributed by atoms with Crippen LogP contribution in [0, 0.1) is 11.3 Å². The molecule has 44 heavy (non-hydrogen) atoms. The van der Waals surface area contributed by atoms with Crippen molar-refractivity contribution in [2.75, 3.05) is 20.2 Å². The third kappa shape index (κ3) is 5.98. The summed E-state index contributed by atoms with van der Waals surface area (Å²) in [6.07, 6.45) is 1.81. The molecule has 0 N–H and O–H groups in total. The van der Waals surface area contributed by atoms with Crippen LogP contribution >= 0.6 is 27.3 Å². The number of methoxy groups -OCH3 is 1. The van der Waals surface area contributed by atoms with Crippen molar-refractivity contribution < 1.29 is 14.3 Å². The predicted molar refractivity (Wildman–Crippen MR) is 174 cm³/mol. The van der Waals surface area contributed by atoms with Gasteiger partial charge >= 0.3 is 0 Å². The summed E-state index contributed by atoms with van der Waals surface area (Å²) < 4.78 is 14.5. The van der Waals surface area contributed by atoms with Gasteiger partial charge in [-0.3, -0.25) is 14.2 Å². The maximum absolute atomic E-state index is 14.1. The van der Waals surface area contributed by atoms with Crippen LogP contribution in [0.1, 0.15) is 49.1 Å². The summed E-state index contributed by atoms with van der Waals surface area (Å²) in [5.74, 6) is 1.05. The van der Waals surface area contributed by atoms with Gasteiger partial charge in [-0.25, -0.2) is 4.99 Å². The Morgan fingerprint density at radius 3 is 2.55 bits per heavy atom. The number of halogens is 1. The molecular weight excluding hydrogens is 640 g/mol. The van der Waals surface area contributed by atoms with Crippen molar-refractivity contribution >= 4 is 39.2 Å². The number of rotatable bonds is 9. The molecule has 10 heteroatoms. The van der Waals surface area contributed by atoms with Crippen LogP contribution in [0.2, 0.25) is 0 Å². The molecule has 1 aliphatic heterocycles. The van der Waals surface area contributed by atoms with Gasteiger partial charge in [-0.05, 0) is 72.6 Å². The quantitative estimate of drug-likeness (QED) is 0.240. The van der Waals surface area contributed by atoms with E-state index in [0.29, 0.717) is 55.2 Å². The molecule has 0 saturated heterocycles. The van der Waals surface area contributed by atoms with E-state index in [9.17, 15) is 14.9 Å². The number of fused-ring (bicyclic) bond motifs is 1. The number of likely N-dealkylation sites (N-methyl/N-ethyl adjacent to an activating group) is 1. The Kier molecular flexibility index (Phi) is 9.47. The summed E-state index contributed by atoms with van der Waals surface area (Å²) in [7, 11) is 1.58. The van der Waals surface area contributed by atoms with Crippen LogP contribution in [-0.2, 0) is 11.4 Å². The molecule has 1 amide bonds. The highest BCUT2D eigenvalue weighted by molar-refractivity contribution is 9.10. The molecule has 0 radical (unpaired) electrons. The second-order valence-corrected chi connectivity index (χ2v) is 11.9. The first-order valence-electron chi connectivity index (χ1n) is 14.2. The fourth-order valence-corrected chi connectivity index (χ4v) is 6.81. The molecule has 0 unspecified atom stereocenters. The highest BCUT2D eigenvalue weighted by Gasteiger charge is 2.35. The van der Waals surface area contributed by atoms with E-state index in [4.69, 9.17) is 14.5 Å².